The number of anilines is 1. The first-order chi connectivity index (χ1) is 7.42. The topological polar surface area (TPSA) is 85.1 Å². The van der Waals surface area contributed by atoms with E-state index in [0.717, 1.165) is 24.7 Å². The summed E-state index contributed by atoms with van der Waals surface area (Å²) in [4.78, 5) is 3.97. The molecule has 0 aliphatic heterocycles. The zero-order valence-electron chi connectivity index (χ0n) is 9.47. The number of nitrogens with two attached hydrogens (primary N) is 1. The number of nitrogens with one attached hydrogen (secondary N) is 1. The summed E-state index contributed by atoms with van der Waals surface area (Å²) in [6, 6.07) is 1.62. The summed E-state index contributed by atoms with van der Waals surface area (Å²) in [5.41, 5.74) is 7.21. The molecule has 1 heterocycles. The molecule has 6 heteroatoms. The third-order valence-electron chi connectivity index (χ3n) is 2.09. The van der Waals surface area contributed by atoms with Gasteiger partial charge in [-0.2, -0.15) is 0 Å². The third kappa shape index (κ3) is 4.16. The van der Waals surface area contributed by atoms with E-state index in [2.05, 4.69) is 9.71 Å². The molecule has 0 aliphatic rings. The fourth-order valence-electron chi connectivity index (χ4n) is 1.41. The summed E-state index contributed by atoms with van der Waals surface area (Å²) in [6.45, 7) is 2.05. The van der Waals surface area contributed by atoms with Gasteiger partial charge in [0.05, 0.1) is 18.1 Å². The standard InChI is InChI=1S/C10H17N3O2S/c1-3-4-10(11)8-5-9(7-12-6-8)13-16(2,14)15/h5-7,10,13H,3-4,11H2,1-2H3. The Balaban J connectivity index is 2.86. The second kappa shape index (κ2) is 5.27. The molecule has 1 rings (SSSR count). The number of nitrogens with zero attached hydrogens (tertiary/aromatic N) is 1. The summed E-state index contributed by atoms with van der Waals surface area (Å²) in [7, 11) is -3.26. The maximum atomic E-state index is 11.0. The summed E-state index contributed by atoms with van der Waals surface area (Å²) in [5, 5.41) is 0. The van der Waals surface area contributed by atoms with Crippen LogP contribution in [0.4, 0.5) is 5.69 Å². The Morgan fingerprint density at radius 2 is 2.19 bits per heavy atom. The molecular weight excluding hydrogens is 226 g/mol. The molecule has 3 N–H and O–H groups in total. The lowest BCUT2D eigenvalue weighted by molar-refractivity contribution is 0.606. The molecule has 0 aliphatic carbocycles. The largest absolute Gasteiger partial charge is 0.324 e. The van der Waals surface area contributed by atoms with Gasteiger partial charge in [0.25, 0.3) is 0 Å². The minimum Gasteiger partial charge on any atom is -0.324 e. The van der Waals surface area contributed by atoms with Crippen molar-refractivity contribution >= 4 is 15.7 Å². The van der Waals surface area contributed by atoms with Crippen molar-refractivity contribution in [3.05, 3.63) is 24.0 Å². The van der Waals surface area contributed by atoms with E-state index in [0.29, 0.717) is 5.69 Å². The van der Waals surface area contributed by atoms with Crippen LogP contribution in [0.1, 0.15) is 31.4 Å². The quantitative estimate of drug-likeness (QED) is 0.815. The molecule has 1 aromatic heterocycles. The number of hydrogen-bond acceptors (Lipinski definition) is 4. The predicted molar refractivity (Wildman–Crippen MR) is 64.5 cm³/mol. The van der Waals surface area contributed by atoms with Crippen LogP contribution in [-0.2, 0) is 10.0 Å². The number of sulfonamides is 1. The van der Waals surface area contributed by atoms with Crippen molar-refractivity contribution < 1.29 is 8.42 Å². The molecule has 90 valence electrons. The Labute approximate surface area is 96.1 Å². The fraction of sp³-hybridized carbons (Fsp3) is 0.500. The van der Waals surface area contributed by atoms with Gasteiger partial charge in [0.2, 0.25) is 10.0 Å². The van der Waals surface area contributed by atoms with Crippen LogP contribution in [-0.4, -0.2) is 19.7 Å². The fourth-order valence-corrected chi connectivity index (χ4v) is 1.95. The van der Waals surface area contributed by atoms with E-state index in [1.54, 1.807) is 12.3 Å². The molecule has 0 amide bonds. The highest BCUT2D eigenvalue weighted by Gasteiger charge is 2.08. The molecule has 5 nitrogen and oxygen atoms in total. The van der Waals surface area contributed by atoms with Crippen LogP contribution in [0.2, 0.25) is 0 Å². The van der Waals surface area contributed by atoms with Crippen LogP contribution < -0.4 is 10.5 Å². The number of pyridine rings is 1. The molecule has 1 unspecified atom stereocenters. The van der Waals surface area contributed by atoms with Crippen LogP contribution in [0.3, 0.4) is 0 Å². The van der Waals surface area contributed by atoms with Crippen molar-refractivity contribution in [1.82, 2.24) is 4.98 Å². The van der Waals surface area contributed by atoms with E-state index in [9.17, 15) is 8.42 Å². The van der Waals surface area contributed by atoms with Crippen molar-refractivity contribution in [2.24, 2.45) is 5.73 Å². The van der Waals surface area contributed by atoms with Gasteiger partial charge in [-0.25, -0.2) is 8.42 Å². The molecule has 1 aromatic rings. The minimum absolute atomic E-state index is 0.0983. The average Bonchev–Trinajstić information content (AvgIpc) is 2.16. The lowest BCUT2D eigenvalue weighted by Crippen LogP contribution is -2.13. The van der Waals surface area contributed by atoms with Crippen LogP contribution in [0.5, 0.6) is 0 Å². The molecular formula is C10H17N3O2S. The van der Waals surface area contributed by atoms with Gasteiger partial charge in [-0.3, -0.25) is 9.71 Å². The van der Waals surface area contributed by atoms with E-state index in [-0.39, 0.29) is 6.04 Å². The van der Waals surface area contributed by atoms with Gasteiger partial charge in [0.15, 0.2) is 0 Å². The monoisotopic (exact) mass is 243 g/mol. The van der Waals surface area contributed by atoms with Crippen molar-refractivity contribution in [1.29, 1.82) is 0 Å². The molecule has 0 saturated carbocycles. The molecule has 0 radical (unpaired) electrons. The SMILES string of the molecule is CCCC(N)c1cncc(NS(C)(=O)=O)c1. The van der Waals surface area contributed by atoms with Gasteiger partial charge in [0, 0.05) is 12.2 Å². The predicted octanol–water partition coefficient (Wildman–Crippen LogP) is 1.25. The number of hydrogen-bond donors (Lipinski definition) is 2. The van der Waals surface area contributed by atoms with Crippen molar-refractivity contribution in [2.75, 3.05) is 11.0 Å². The summed E-state index contributed by atoms with van der Waals surface area (Å²) in [6.07, 6.45) is 6.05. The van der Waals surface area contributed by atoms with E-state index in [1.165, 1.54) is 6.20 Å². The van der Waals surface area contributed by atoms with E-state index in [4.69, 9.17) is 5.73 Å². The highest BCUT2D eigenvalue weighted by molar-refractivity contribution is 7.92. The first-order valence-electron chi connectivity index (χ1n) is 5.10. The van der Waals surface area contributed by atoms with Gasteiger partial charge in [0.1, 0.15) is 0 Å². The molecule has 0 fully saturated rings. The Morgan fingerprint density at radius 3 is 2.75 bits per heavy atom. The minimum atomic E-state index is -3.26. The highest BCUT2D eigenvalue weighted by Crippen LogP contribution is 2.18. The first-order valence-corrected chi connectivity index (χ1v) is 7.00. The lowest BCUT2D eigenvalue weighted by atomic mass is 10.1. The van der Waals surface area contributed by atoms with Crippen LogP contribution in [0.25, 0.3) is 0 Å². The zero-order chi connectivity index (χ0) is 12.2. The summed E-state index contributed by atoms with van der Waals surface area (Å²) < 4.78 is 24.4. The molecule has 1 atom stereocenters. The van der Waals surface area contributed by atoms with E-state index < -0.39 is 10.0 Å². The van der Waals surface area contributed by atoms with Gasteiger partial charge >= 0.3 is 0 Å². The smallest absolute Gasteiger partial charge is 0.229 e. The normalized spacial score (nSPS) is 13.4. The van der Waals surface area contributed by atoms with E-state index in [1.807, 2.05) is 6.92 Å². The van der Waals surface area contributed by atoms with Crippen molar-refractivity contribution in [2.45, 2.75) is 25.8 Å². The van der Waals surface area contributed by atoms with Gasteiger partial charge in [-0.05, 0) is 18.1 Å². The summed E-state index contributed by atoms with van der Waals surface area (Å²) >= 11 is 0. The van der Waals surface area contributed by atoms with Crippen molar-refractivity contribution in [3.63, 3.8) is 0 Å². The Bertz CT molecular complexity index is 445. The molecule has 0 saturated heterocycles. The Kier molecular flexibility index (Phi) is 4.26. The molecule has 0 spiro atoms. The zero-order valence-corrected chi connectivity index (χ0v) is 10.3. The average molecular weight is 243 g/mol. The second-order valence-corrected chi connectivity index (χ2v) is 5.52. The van der Waals surface area contributed by atoms with Gasteiger partial charge in [-0.1, -0.05) is 13.3 Å². The number of aromatic nitrogens is 1. The number of rotatable bonds is 5. The second-order valence-electron chi connectivity index (χ2n) is 3.78. The Morgan fingerprint density at radius 1 is 1.50 bits per heavy atom. The van der Waals surface area contributed by atoms with Gasteiger partial charge < -0.3 is 5.73 Å². The molecule has 0 aromatic carbocycles. The first kappa shape index (κ1) is 12.9. The van der Waals surface area contributed by atoms with Crippen LogP contribution in [0.15, 0.2) is 18.5 Å². The van der Waals surface area contributed by atoms with Gasteiger partial charge in [-0.15, -0.1) is 0 Å². The van der Waals surface area contributed by atoms with Crippen molar-refractivity contribution in [3.8, 4) is 0 Å². The highest BCUT2D eigenvalue weighted by atomic mass is 32.2. The summed E-state index contributed by atoms with van der Waals surface area (Å²) in [5.74, 6) is 0. The van der Waals surface area contributed by atoms with E-state index >= 15 is 0 Å². The third-order valence-corrected chi connectivity index (χ3v) is 2.70. The molecule has 0 bridgehead atoms. The maximum absolute atomic E-state index is 11.0. The van der Waals surface area contributed by atoms with Crippen LogP contribution in [0, 0.1) is 0 Å². The Hall–Kier alpha value is -1.14. The maximum Gasteiger partial charge on any atom is 0.229 e. The molecule has 16 heavy (non-hydrogen) atoms. The van der Waals surface area contributed by atoms with Crippen LogP contribution >= 0.6 is 0 Å². The lowest BCUT2D eigenvalue weighted by Gasteiger charge is -2.11.